The van der Waals surface area contributed by atoms with Gasteiger partial charge in [-0.15, -0.1) is 0 Å². The predicted octanol–water partition coefficient (Wildman–Crippen LogP) is 2.17. The van der Waals surface area contributed by atoms with E-state index in [0.717, 1.165) is 0 Å². The lowest BCUT2D eigenvalue weighted by Gasteiger charge is -2.07. The molecule has 104 valence electrons. The van der Waals surface area contributed by atoms with E-state index in [1.807, 2.05) is 0 Å². The first-order valence-corrected chi connectivity index (χ1v) is 6.47. The summed E-state index contributed by atoms with van der Waals surface area (Å²) in [6.07, 6.45) is 1.33. The van der Waals surface area contributed by atoms with Crippen molar-refractivity contribution in [3.8, 4) is 0 Å². The van der Waals surface area contributed by atoms with Crippen LogP contribution in [0.5, 0.6) is 0 Å². The second kappa shape index (κ2) is 5.93. The fourth-order valence-electron chi connectivity index (χ4n) is 1.48. The Kier molecular flexibility index (Phi) is 4.26. The number of benzene rings is 1. The van der Waals surface area contributed by atoms with Crippen LogP contribution in [-0.2, 0) is 0 Å². The first kappa shape index (κ1) is 14.4. The van der Waals surface area contributed by atoms with Crippen molar-refractivity contribution in [3.05, 3.63) is 45.0 Å². The summed E-state index contributed by atoms with van der Waals surface area (Å²) in [5.41, 5.74) is 6.13. The van der Waals surface area contributed by atoms with Crippen LogP contribution >= 0.6 is 27.5 Å². The second-order valence-electron chi connectivity index (χ2n) is 3.72. The van der Waals surface area contributed by atoms with Gasteiger partial charge in [-0.1, -0.05) is 16.8 Å². The van der Waals surface area contributed by atoms with Gasteiger partial charge in [-0.2, -0.15) is 5.10 Å². The van der Waals surface area contributed by atoms with E-state index >= 15 is 0 Å². The predicted molar refractivity (Wildman–Crippen MR) is 78.2 cm³/mol. The standard InChI is InChI=1S/C11H9BrClN5O2/c12-8-3-5(13)1-2-6(8)11(19)16-10-7(4-15-17-10)9(14)18-20/h1-4,20H,(H2,14,18)(H2,15,16,17,19). The van der Waals surface area contributed by atoms with Gasteiger partial charge in [-0.3, -0.25) is 9.89 Å². The van der Waals surface area contributed by atoms with Crippen molar-refractivity contribution in [3.63, 3.8) is 0 Å². The fraction of sp³-hybridized carbons (Fsp3) is 0. The minimum atomic E-state index is -0.398. The van der Waals surface area contributed by atoms with Crippen molar-refractivity contribution in [1.82, 2.24) is 10.2 Å². The van der Waals surface area contributed by atoms with Crippen LogP contribution < -0.4 is 11.1 Å². The largest absolute Gasteiger partial charge is 0.409 e. The van der Waals surface area contributed by atoms with Crippen LogP contribution in [0.25, 0.3) is 0 Å². The zero-order chi connectivity index (χ0) is 14.7. The fourth-order valence-corrected chi connectivity index (χ4v) is 2.35. The molecule has 0 radical (unpaired) electrons. The molecule has 2 aromatic rings. The quantitative estimate of drug-likeness (QED) is 0.291. The first-order chi connectivity index (χ1) is 9.52. The summed E-state index contributed by atoms with van der Waals surface area (Å²) < 4.78 is 0.548. The molecule has 1 amide bonds. The van der Waals surface area contributed by atoms with Crippen LogP contribution in [0.15, 0.2) is 34.0 Å². The molecule has 0 saturated heterocycles. The summed E-state index contributed by atoms with van der Waals surface area (Å²) in [7, 11) is 0. The monoisotopic (exact) mass is 357 g/mol. The Balaban J connectivity index is 2.26. The number of anilines is 1. The highest BCUT2D eigenvalue weighted by molar-refractivity contribution is 9.10. The van der Waals surface area contributed by atoms with Crippen LogP contribution in [-0.4, -0.2) is 27.1 Å². The highest BCUT2D eigenvalue weighted by Gasteiger charge is 2.15. The van der Waals surface area contributed by atoms with E-state index in [2.05, 4.69) is 36.6 Å². The maximum atomic E-state index is 12.1. The van der Waals surface area contributed by atoms with Crippen molar-refractivity contribution in [1.29, 1.82) is 0 Å². The number of H-pyrrole nitrogens is 1. The molecule has 0 unspecified atom stereocenters. The molecule has 0 spiro atoms. The van der Waals surface area contributed by atoms with E-state index in [0.29, 0.717) is 15.1 Å². The van der Waals surface area contributed by atoms with Crippen molar-refractivity contribution >= 4 is 45.1 Å². The van der Waals surface area contributed by atoms with E-state index in [4.69, 9.17) is 22.5 Å². The van der Waals surface area contributed by atoms with Gasteiger partial charge in [-0.05, 0) is 34.1 Å². The Labute approximate surface area is 126 Å². The third kappa shape index (κ3) is 2.91. The number of rotatable bonds is 3. The van der Waals surface area contributed by atoms with Crippen LogP contribution in [0, 0.1) is 0 Å². The lowest BCUT2D eigenvalue weighted by molar-refractivity contribution is 0.102. The van der Waals surface area contributed by atoms with E-state index in [-0.39, 0.29) is 17.2 Å². The summed E-state index contributed by atoms with van der Waals surface area (Å²) in [4.78, 5) is 12.1. The zero-order valence-electron chi connectivity index (χ0n) is 9.89. The minimum Gasteiger partial charge on any atom is -0.409 e. The highest BCUT2D eigenvalue weighted by atomic mass is 79.9. The number of oxime groups is 1. The van der Waals surface area contributed by atoms with Crippen molar-refractivity contribution in [2.24, 2.45) is 10.9 Å². The van der Waals surface area contributed by atoms with Gasteiger partial charge in [0.1, 0.15) is 5.82 Å². The number of nitrogens with two attached hydrogens (primary N) is 1. The van der Waals surface area contributed by atoms with Crippen molar-refractivity contribution < 1.29 is 10.0 Å². The number of hydrogen-bond donors (Lipinski definition) is 4. The van der Waals surface area contributed by atoms with Gasteiger partial charge in [0.25, 0.3) is 5.91 Å². The van der Waals surface area contributed by atoms with E-state index in [1.165, 1.54) is 6.20 Å². The van der Waals surface area contributed by atoms with Crippen LogP contribution in [0.2, 0.25) is 5.02 Å². The third-order valence-electron chi connectivity index (χ3n) is 2.44. The van der Waals surface area contributed by atoms with Crippen LogP contribution in [0.1, 0.15) is 15.9 Å². The number of amidine groups is 1. The lowest BCUT2D eigenvalue weighted by Crippen LogP contribution is -2.18. The number of halogens is 2. The summed E-state index contributed by atoms with van der Waals surface area (Å²) in [6, 6.07) is 4.77. The number of amides is 1. The molecule has 0 atom stereocenters. The Bertz CT molecular complexity index is 685. The molecule has 1 heterocycles. The van der Waals surface area contributed by atoms with Gasteiger partial charge >= 0.3 is 0 Å². The van der Waals surface area contributed by atoms with Crippen LogP contribution in [0.3, 0.4) is 0 Å². The molecule has 1 aromatic heterocycles. The van der Waals surface area contributed by atoms with Crippen molar-refractivity contribution in [2.45, 2.75) is 0 Å². The molecule has 20 heavy (non-hydrogen) atoms. The summed E-state index contributed by atoms with van der Waals surface area (Å²) >= 11 is 9.07. The Morgan fingerprint density at radius 1 is 1.50 bits per heavy atom. The molecule has 0 saturated carbocycles. The van der Waals surface area contributed by atoms with Crippen molar-refractivity contribution in [2.75, 3.05) is 5.32 Å². The Hall–Kier alpha value is -2.06. The minimum absolute atomic E-state index is 0.163. The molecule has 0 aliphatic rings. The normalized spacial score (nSPS) is 11.4. The highest BCUT2D eigenvalue weighted by Crippen LogP contribution is 2.22. The Morgan fingerprint density at radius 2 is 2.25 bits per heavy atom. The summed E-state index contributed by atoms with van der Waals surface area (Å²) in [5.74, 6) is -0.332. The molecule has 2 rings (SSSR count). The number of hydrogen-bond acceptors (Lipinski definition) is 4. The second-order valence-corrected chi connectivity index (χ2v) is 5.01. The Morgan fingerprint density at radius 3 is 2.90 bits per heavy atom. The summed E-state index contributed by atoms with van der Waals surface area (Å²) in [5, 5.41) is 20.9. The maximum absolute atomic E-state index is 12.1. The molecule has 0 aliphatic heterocycles. The van der Waals surface area contributed by atoms with Gasteiger partial charge < -0.3 is 16.3 Å². The number of nitrogens with zero attached hydrogens (tertiary/aromatic N) is 2. The smallest absolute Gasteiger partial charge is 0.257 e. The topological polar surface area (TPSA) is 116 Å². The number of carbonyl (C=O) groups excluding carboxylic acids is 1. The maximum Gasteiger partial charge on any atom is 0.257 e. The SMILES string of the molecule is N/C(=N/O)c1cn[nH]c1NC(=O)c1ccc(Cl)cc1Br. The molecule has 0 aliphatic carbocycles. The molecular formula is C11H9BrClN5O2. The average molecular weight is 359 g/mol. The average Bonchev–Trinajstić information content (AvgIpc) is 2.85. The first-order valence-electron chi connectivity index (χ1n) is 5.30. The van der Waals surface area contributed by atoms with E-state index in [9.17, 15) is 4.79 Å². The van der Waals surface area contributed by atoms with Gasteiger partial charge in [-0.25, -0.2) is 0 Å². The molecular weight excluding hydrogens is 350 g/mol. The summed E-state index contributed by atoms with van der Waals surface area (Å²) in [6.45, 7) is 0. The number of carbonyl (C=O) groups is 1. The van der Waals surface area contributed by atoms with Crippen LogP contribution in [0.4, 0.5) is 5.82 Å². The zero-order valence-corrected chi connectivity index (χ0v) is 12.2. The third-order valence-corrected chi connectivity index (χ3v) is 3.33. The molecule has 9 heteroatoms. The number of nitrogens with one attached hydrogen (secondary N) is 2. The molecule has 0 bridgehead atoms. The molecule has 1 aromatic carbocycles. The van der Waals surface area contributed by atoms with Gasteiger partial charge in [0.15, 0.2) is 5.84 Å². The molecule has 5 N–H and O–H groups in total. The van der Waals surface area contributed by atoms with E-state index in [1.54, 1.807) is 18.2 Å². The van der Waals surface area contributed by atoms with Gasteiger partial charge in [0.05, 0.1) is 17.3 Å². The van der Waals surface area contributed by atoms with E-state index < -0.39 is 5.91 Å². The van der Waals surface area contributed by atoms with Gasteiger partial charge in [0, 0.05) is 9.50 Å². The number of aromatic nitrogens is 2. The molecule has 7 nitrogen and oxygen atoms in total. The molecule has 0 fully saturated rings. The van der Waals surface area contributed by atoms with Gasteiger partial charge in [0.2, 0.25) is 0 Å². The number of aromatic amines is 1. The lowest BCUT2D eigenvalue weighted by atomic mass is 10.2.